The zero-order valence-corrected chi connectivity index (χ0v) is 31.1. The predicted molar refractivity (Wildman–Crippen MR) is 194 cm³/mol. The summed E-state index contributed by atoms with van der Waals surface area (Å²) in [4.78, 5) is 36.6. The zero-order valence-electron chi connectivity index (χ0n) is 31.1. The number of carbonyl (C=O) groups is 3. The van der Waals surface area contributed by atoms with Gasteiger partial charge in [-0.2, -0.15) is 0 Å². The lowest BCUT2D eigenvalue weighted by Crippen LogP contribution is -2.55. The molecule has 0 aliphatic heterocycles. The first-order chi connectivity index (χ1) is 23.1. The third-order valence-electron chi connectivity index (χ3n) is 7.95. The average Bonchev–Trinajstić information content (AvgIpc) is 3.03. The van der Waals surface area contributed by atoms with Crippen molar-refractivity contribution in [3.05, 3.63) is 48.6 Å². The molecule has 0 spiro atoms. The average molecular weight is 676 g/mol. The highest BCUT2D eigenvalue weighted by Gasteiger charge is 2.25. The lowest BCUT2D eigenvalue weighted by Gasteiger charge is -2.34. The van der Waals surface area contributed by atoms with Gasteiger partial charge in [0.25, 0.3) is 0 Å². The van der Waals surface area contributed by atoms with Crippen molar-refractivity contribution >= 4 is 17.9 Å². The molecule has 0 saturated carbocycles. The Labute approximate surface area is 293 Å². The van der Waals surface area contributed by atoms with E-state index in [0.29, 0.717) is 19.3 Å². The molecule has 8 heteroatoms. The summed E-state index contributed by atoms with van der Waals surface area (Å²) in [5, 5.41) is 11.6. The van der Waals surface area contributed by atoms with Gasteiger partial charge in [-0.25, -0.2) is 0 Å². The van der Waals surface area contributed by atoms with E-state index < -0.39 is 18.1 Å². The van der Waals surface area contributed by atoms with Gasteiger partial charge in [0.1, 0.15) is 12.6 Å². The quantitative estimate of drug-likeness (QED) is 0.0309. The van der Waals surface area contributed by atoms with Gasteiger partial charge in [-0.15, -0.1) is 0 Å². The maximum absolute atomic E-state index is 12.6. The number of nitrogens with zero attached hydrogens (tertiary/aromatic N) is 1. The van der Waals surface area contributed by atoms with Crippen molar-refractivity contribution in [2.45, 2.75) is 148 Å². The highest BCUT2D eigenvalue weighted by atomic mass is 16.6. The molecule has 8 nitrogen and oxygen atoms in total. The number of hydrogen-bond donors (Lipinski definition) is 0. The Kier molecular flexibility index (Phi) is 29.8. The van der Waals surface area contributed by atoms with Crippen LogP contribution in [0, 0.1) is 0 Å². The summed E-state index contributed by atoms with van der Waals surface area (Å²) in [6.07, 6.45) is 34.3. The van der Waals surface area contributed by atoms with E-state index in [1.807, 2.05) is 0 Å². The standard InChI is InChI=1S/C40H69NO7/c1-6-8-10-12-14-16-18-20-22-24-26-28-30-38(42)47-35-36(34-46-33-32-37(40(44)45)41(3,4)5)48-39(43)31-29-27-25-23-21-19-17-15-13-11-9-7-2/h8,10,14-17,20,22,36-37H,6-7,9,11-13,18-19,21,23-35H2,1-5H3/b10-8+,16-14+,17-15+,22-20+. The van der Waals surface area contributed by atoms with E-state index in [4.69, 9.17) is 14.2 Å². The van der Waals surface area contributed by atoms with E-state index >= 15 is 0 Å². The topological polar surface area (TPSA) is 102 Å². The molecule has 276 valence electrons. The summed E-state index contributed by atoms with van der Waals surface area (Å²) < 4.78 is 17.0. The van der Waals surface area contributed by atoms with Crippen LogP contribution in [0.4, 0.5) is 0 Å². The molecular formula is C40H69NO7. The van der Waals surface area contributed by atoms with Gasteiger partial charge < -0.3 is 28.6 Å². The predicted octanol–water partition coefficient (Wildman–Crippen LogP) is 7.96. The minimum Gasteiger partial charge on any atom is -0.544 e. The van der Waals surface area contributed by atoms with Crippen molar-refractivity contribution in [2.75, 3.05) is 41.0 Å². The molecule has 0 aliphatic carbocycles. The van der Waals surface area contributed by atoms with Crippen LogP contribution in [0.3, 0.4) is 0 Å². The second-order valence-corrected chi connectivity index (χ2v) is 13.4. The number of carboxylic acid groups (broad SMARTS) is 1. The summed E-state index contributed by atoms with van der Waals surface area (Å²) >= 11 is 0. The van der Waals surface area contributed by atoms with Gasteiger partial charge >= 0.3 is 11.9 Å². The van der Waals surface area contributed by atoms with Crippen LogP contribution in [0.1, 0.15) is 136 Å². The monoisotopic (exact) mass is 676 g/mol. The number of unbranched alkanes of at least 4 members (excludes halogenated alkanes) is 10. The highest BCUT2D eigenvalue weighted by molar-refractivity contribution is 5.70. The van der Waals surface area contributed by atoms with Gasteiger partial charge in [0.2, 0.25) is 0 Å². The van der Waals surface area contributed by atoms with Crippen molar-refractivity contribution in [1.29, 1.82) is 0 Å². The maximum Gasteiger partial charge on any atom is 0.306 e. The minimum absolute atomic E-state index is 0.0238. The molecule has 0 aliphatic rings. The van der Waals surface area contributed by atoms with Gasteiger partial charge in [-0.05, 0) is 70.6 Å². The number of rotatable bonds is 32. The van der Waals surface area contributed by atoms with Crippen molar-refractivity contribution in [3.8, 4) is 0 Å². The fourth-order valence-corrected chi connectivity index (χ4v) is 5.02. The Morgan fingerprint density at radius 2 is 1.17 bits per heavy atom. The summed E-state index contributed by atoms with van der Waals surface area (Å²) in [7, 11) is 5.37. The number of aliphatic carboxylic acids is 1. The molecule has 0 fully saturated rings. The van der Waals surface area contributed by atoms with Gasteiger partial charge in [-0.1, -0.05) is 94.6 Å². The van der Waals surface area contributed by atoms with Crippen LogP contribution >= 0.6 is 0 Å². The molecule has 0 N–H and O–H groups in total. The normalized spacial score (nSPS) is 13.6. The van der Waals surface area contributed by atoms with E-state index in [-0.39, 0.29) is 42.7 Å². The van der Waals surface area contributed by atoms with Crippen LogP contribution in [0.25, 0.3) is 0 Å². The van der Waals surface area contributed by atoms with Crippen molar-refractivity contribution in [2.24, 2.45) is 0 Å². The molecule has 0 aromatic rings. The lowest BCUT2D eigenvalue weighted by atomic mass is 10.1. The van der Waals surface area contributed by atoms with Crippen LogP contribution in [-0.2, 0) is 28.6 Å². The molecular weight excluding hydrogens is 606 g/mol. The number of esters is 2. The number of carbonyl (C=O) groups excluding carboxylic acids is 3. The Morgan fingerprint density at radius 3 is 1.79 bits per heavy atom. The Bertz CT molecular complexity index is 932. The molecule has 0 bridgehead atoms. The highest BCUT2D eigenvalue weighted by Crippen LogP contribution is 2.12. The van der Waals surface area contributed by atoms with E-state index in [1.54, 1.807) is 21.1 Å². The van der Waals surface area contributed by atoms with Gasteiger partial charge in [0, 0.05) is 19.3 Å². The lowest BCUT2D eigenvalue weighted by molar-refractivity contribution is -0.889. The summed E-state index contributed by atoms with van der Waals surface area (Å²) in [5.74, 6) is -1.81. The number of quaternary nitrogens is 1. The smallest absolute Gasteiger partial charge is 0.306 e. The second kappa shape index (κ2) is 31.6. The Balaban J connectivity index is 4.52. The number of ether oxygens (including phenoxy) is 3. The molecule has 0 aromatic carbocycles. The van der Waals surface area contributed by atoms with Crippen LogP contribution in [0.2, 0.25) is 0 Å². The summed E-state index contributed by atoms with van der Waals surface area (Å²) in [6.45, 7) is 4.44. The van der Waals surface area contributed by atoms with E-state index in [9.17, 15) is 19.5 Å². The fraction of sp³-hybridized carbons (Fsp3) is 0.725. The van der Waals surface area contributed by atoms with Gasteiger partial charge in [0.15, 0.2) is 6.10 Å². The number of allylic oxidation sites excluding steroid dienone is 8. The van der Waals surface area contributed by atoms with Crippen LogP contribution in [-0.4, -0.2) is 75.5 Å². The van der Waals surface area contributed by atoms with Crippen molar-refractivity contribution in [1.82, 2.24) is 0 Å². The van der Waals surface area contributed by atoms with Crippen LogP contribution in [0.15, 0.2) is 48.6 Å². The van der Waals surface area contributed by atoms with E-state index in [2.05, 4.69) is 62.5 Å². The minimum atomic E-state index is -1.13. The largest absolute Gasteiger partial charge is 0.544 e. The number of hydrogen-bond acceptors (Lipinski definition) is 7. The molecule has 0 heterocycles. The van der Waals surface area contributed by atoms with Gasteiger partial charge in [-0.3, -0.25) is 9.59 Å². The first-order valence-corrected chi connectivity index (χ1v) is 18.7. The number of likely N-dealkylation sites (N-methyl/N-ethyl adjacent to an activating group) is 1. The molecule has 0 aromatic heterocycles. The summed E-state index contributed by atoms with van der Waals surface area (Å²) in [6, 6.07) is -0.732. The van der Waals surface area contributed by atoms with Crippen molar-refractivity contribution in [3.63, 3.8) is 0 Å². The fourth-order valence-electron chi connectivity index (χ4n) is 5.02. The molecule has 0 amide bonds. The zero-order chi connectivity index (χ0) is 35.7. The number of carboxylic acids is 1. The van der Waals surface area contributed by atoms with E-state index in [1.165, 1.54) is 25.7 Å². The second-order valence-electron chi connectivity index (χ2n) is 13.4. The summed E-state index contributed by atoms with van der Waals surface area (Å²) in [5.41, 5.74) is 0. The van der Waals surface area contributed by atoms with Gasteiger partial charge in [0.05, 0.1) is 40.3 Å². The molecule has 0 radical (unpaired) electrons. The Hall–Kier alpha value is -2.71. The van der Waals surface area contributed by atoms with Crippen LogP contribution < -0.4 is 5.11 Å². The first-order valence-electron chi connectivity index (χ1n) is 18.7. The first kappa shape index (κ1) is 45.3. The third kappa shape index (κ3) is 29.4. The molecule has 0 rings (SSSR count). The third-order valence-corrected chi connectivity index (χ3v) is 7.95. The Morgan fingerprint density at radius 1 is 0.646 bits per heavy atom. The maximum atomic E-state index is 12.6. The molecule has 0 saturated heterocycles. The van der Waals surface area contributed by atoms with Crippen LogP contribution in [0.5, 0.6) is 0 Å². The molecule has 2 atom stereocenters. The van der Waals surface area contributed by atoms with Crippen molar-refractivity contribution < 1.29 is 38.2 Å². The SMILES string of the molecule is CC/C=C/C/C=C/C/C=C/CCCCC(=O)OCC(COCCC(C(=O)[O-])[N+](C)(C)C)OC(=O)CCCCCCC/C=C/CCCCC. The molecule has 2 unspecified atom stereocenters. The molecule has 48 heavy (non-hydrogen) atoms. The van der Waals surface area contributed by atoms with E-state index in [0.717, 1.165) is 70.6 Å².